The highest BCUT2D eigenvalue weighted by Gasteiger charge is 2.46. The highest BCUT2D eigenvalue weighted by atomic mass is 32.2. The monoisotopic (exact) mass is 490 g/mol. The molecular weight excluding hydrogens is 458 g/mol. The molecule has 12 heteroatoms. The van der Waals surface area contributed by atoms with E-state index in [-0.39, 0.29) is 54.9 Å². The van der Waals surface area contributed by atoms with Gasteiger partial charge in [-0.3, -0.25) is 14.5 Å². The number of anilines is 1. The molecule has 2 atom stereocenters. The van der Waals surface area contributed by atoms with Crippen LogP contribution in [0.15, 0.2) is 41.5 Å². The third kappa shape index (κ3) is 6.97. The van der Waals surface area contributed by atoms with Gasteiger partial charge in [-0.1, -0.05) is 6.07 Å². The number of thioether (sulfide) groups is 1. The Morgan fingerprint density at radius 3 is 2.73 bits per heavy atom. The molecule has 1 aliphatic heterocycles. The van der Waals surface area contributed by atoms with Crippen LogP contribution in [0.4, 0.5) is 14.6 Å². The number of amides is 1. The standard InChI is InChI=1S/C21H26F2N4O3S.2H2O.H2/c1-14(20(30)25-18-5-4-16(28)11-24-18)26-8-7-21(22,23)17(13-26)15-3-6-19(29)27(12-15)9-10-31-2;;;/h3-6,11-12,14,17,28H,7-10,13H2,1-2H3,(H,24,25,30);2*1H2;1H. The zero-order valence-electron chi connectivity index (χ0n) is 18.4. The number of hydrogen-bond acceptors (Lipinski definition) is 6. The summed E-state index contributed by atoms with van der Waals surface area (Å²) in [6.07, 6.45) is 4.27. The second-order valence-corrected chi connectivity index (χ2v) is 8.60. The largest absolute Gasteiger partial charge is 0.506 e. The van der Waals surface area contributed by atoms with E-state index in [0.717, 1.165) is 0 Å². The van der Waals surface area contributed by atoms with Crippen molar-refractivity contribution in [2.24, 2.45) is 0 Å². The van der Waals surface area contributed by atoms with E-state index in [1.165, 1.54) is 41.2 Å². The Hall–Kier alpha value is -2.54. The van der Waals surface area contributed by atoms with E-state index >= 15 is 0 Å². The fraction of sp³-hybridized carbons (Fsp3) is 0.476. The smallest absolute Gasteiger partial charge is 0.257 e. The van der Waals surface area contributed by atoms with E-state index in [9.17, 15) is 23.5 Å². The second kappa shape index (κ2) is 12.1. The lowest BCUT2D eigenvalue weighted by molar-refractivity contribution is -0.125. The number of aryl methyl sites for hydroxylation is 1. The summed E-state index contributed by atoms with van der Waals surface area (Å²) >= 11 is 1.58. The minimum atomic E-state index is -2.94. The lowest BCUT2D eigenvalue weighted by atomic mass is 9.87. The van der Waals surface area contributed by atoms with Crippen molar-refractivity contribution in [2.75, 3.05) is 30.4 Å². The molecule has 0 bridgehead atoms. The number of carbonyl (C=O) groups excluding carboxylic acids is 1. The normalized spacial score (nSPS) is 18.5. The number of likely N-dealkylation sites (tertiary alicyclic amines) is 1. The molecule has 2 unspecified atom stereocenters. The molecule has 1 saturated heterocycles. The third-order valence-electron chi connectivity index (χ3n) is 5.53. The highest BCUT2D eigenvalue weighted by Crippen LogP contribution is 2.40. The summed E-state index contributed by atoms with van der Waals surface area (Å²) in [5.41, 5.74) is 0.172. The van der Waals surface area contributed by atoms with E-state index in [0.29, 0.717) is 17.9 Å². The van der Waals surface area contributed by atoms with Gasteiger partial charge in [-0.2, -0.15) is 11.8 Å². The van der Waals surface area contributed by atoms with Crippen molar-refractivity contribution in [2.45, 2.75) is 37.8 Å². The zero-order chi connectivity index (χ0) is 22.6. The molecule has 1 fully saturated rings. The Bertz CT molecular complexity index is 980. The summed E-state index contributed by atoms with van der Waals surface area (Å²) in [4.78, 5) is 30.3. The fourth-order valence-corrected chi connectivity index (χ4v) is 3.98. The average molecular weight is 491 g/mol. The number of nitrogens with one attached hydrogen (secondary N) is 1. The van der Waals surface area contributed by atoms with Crippen molar-refractivity contribution >= 4 is 23.5 Å². The van der Waals surface area contributed by atoms with Crippen LogP contribution in [0, 0.1) is 0 Å². The number of pyridine rings is 2. The second-order valence-electron chi connectivity index (χ2n) is 7.61. The van der Waals surface area contributed by atoms with E-state index in [1.54, 1.807) is 23.6 Å². The van der Waals surface area contributed by atoms with Gasteiger partial charge in [-0.15, -0.1) is 0 Å². The first-order chi connectivity index (χ1) is 14.7. The van der Waals surface area contributed by atoms with E-state index < -0.39 is 17.9 Å². The van der Waals surface area contributed by atoms with Crippen LogP contribution in [0.5, 0.6) is 5.75 Å². The van der Waals surface area contributed by atoms with E-state index in [4.69, 9.17) is 0 Å². The number of nitrogens with zero attached hydrogens (tertiary/aromatic N) is 3. The quantitative estimate of drug-likeness (QED) is 0.598. The van der Waals surface area contributed by atoms with E-state index in [2.05, 4.69) is 10.3 Å². The SMILES string of the molecule is CSCCn1cc(C2CN(C(C)C(=O)Nc3ccc(O)cn3)CCC2(F)F)ccc1=O.O.O.[HH]. The summed E-state index contributed by atoms with van der Waals surface area (Å²) < 4.78 is 31.1. The van der Waals surface area contributed by atoms with Crippen LogP contribution in [0.2, 0.25) is 0 Å². The van der Waals surface area contributed by atoms with Gasteiger partial charge in [-0.05, 0) is 30.9 Å². The predicted octanol–water partition coefficient (Wildman–Crippen LogP) is 1.36. The molecule has 186 valence electrons. The number of piperidine rings is 1. The van der Waals surface area contributed by atoms with Crippen molar-refractivity contribution in [3.8, 4) is 5.75 Å². The van der Waals surface area contributed by atoms with Crippen LogP contribution in [-0.2, 0) is 11.3 Å². The summed E-state index contributed by atoms with van der Waals surface area (Å²) in [6, 6.07) is 5.00. The van der Waals surface area contributed by atoms with Crippen LogP contribution in [0.25, 0.3) is 0 Å². The summed E-state index contributed by atoms with van der Waals surface area (Å²) in [6.45, 7) is 2.18. The average Bonchev–Trinajstić information content (AvgIpc) is 2.74. The number of carbonyl (C=O) groups is 1. The Morgan fingerprint density at radius 1 is 1.36 bits per heavy atom. The van der Waals surface area contributed by atoms with Crippen LogP contribution >= 0.6 is 11.8 Å². The van der Waals surface area contributed by atoms with Crippen molar-refractivity contribution in [1.82, 2.24) is 14.5 Å². The predicted molar refractivity (Wildman–Crippen MR) is 126 cm³/mol. The fourth-order valence-electron chi connectivity index (χ4n) is 3.60. The molecular formula is C21H32F2N4O5S. The van der Waals surface area contributed by atoms with Gasteiger partial charge in [-0.25, -0.2) is 13.8 Å². The van der Waals surface area contributed by atoms with Gasteiger partial charge in [0.2, 0.25) is 5.91 Å². The number of hydrogen-bond donors (Lipinski definition) is 2. The van der Waals surface area contributed by atoms with Gasteiger partial charge in [0.05, 0.1) is 18.2 Å². The molecule has 6 N–H and O–H groups in total. The number of aromatic nitrogens is 2. The molecule has 2 aromatic rings. The van der Waals surface area contributed by atoms with Gasteiger partial charge < -0.3 is 25.9 Å². The maximum Gasteiger partial charge on any atom is 0.257 e. The van der Waals surface area contributed by atoms with Crippen molar-refractivity contribution in [3.63, 3.8) is 0 Å². The van der Waals surface area contributed by atoms with Gasteiger partial charge in [0, 0.05) is 45.5 Å². The molecule has 0 spiro atoms. The first kappa shape index (κ1) is 28.5. The van der Waals surface area contributed by atoms with Crippen LogP contribution in [0.3, 0.4) is 0 Å². The third-order valence-corrected chi connectivity index (χ3v) is 6.12. The van der Waals surface area contributed by atoms with Crippen LogP contribution in [-0.4, -0.2) is 73.5 Å². The number of aromatic hydroxyl groups is 1. The number of halogens is 2. The maximum absolute atomic E-state index is 14.8. The highest BCUT2D eigenvalue weighted by molar-refractivity contribution is 7.98. The van der Waals surface area contributed by atoms with Gasteiger partial charge in [0.15, 0.2) is 0 Å². The van der Waals surface area contributed by atoms with Crippen molar-refractivity contribution in [3.05, 3.63) is 52.6 Å². The molecule has 3 rings (SSSR count). The Balaban J connectivity index is 0.00000363. The molecule has 1 aliphatic rings. The van der Waals surface area contributed by atoms with Crippen molar-refractivity contribution < 1.29 is 31.1 Å². The molecule has 2 aromatic heterocycles. The number of rotatable bonds is 7. The van der Waals surface area contributed by atoms with Crippen LogP contribution in [0.1, 0.15) is 26.3 Å². The summed E-state index contributed by atoms with van der Waals surface area (Å²) in [5.74, 6) is -3.47. The van der Waals surface area contributed by atoms with Gasteiger partial charge in [0.1, 0.15) is 11.6 Å². The molecule has 9 nitrogen and oxygen atoms in total. The molecule has 1 amide bonds. The zero-order valence-corrected chi connectivity index (χ0v) is 19.2. The first-order valence-corrected chi connectivity index (χ1v) is 11.4. The summed E-state index contributed by atoms with van der Waals surface area (Å²) in [7, 11) is 0. The molecule has 0 aromatic carbocycles. The molecule has 0 radical (unpaired) electrons. The molecule has 3 heterocycles. The van der Waals surface area contributed by atoms with Gasteiger partial charge in [0.25, 0.3) is 11.5 Å². The molecule has 33 heavy (non-hydrogen) atoms. The maximum atomic E-state index is 14.8. The molecule has 0 aliphatic carbocycles. The Kier molecular flexibility index (Phi) is 10.4. The lowest BCUT2D eigenvalue weighted by Gasteiger charge is -2.40. The summed E-state index contributed by atoms with van der Waals surface area (Å²) in [5, 5.41) is 11.9. The Morgan fingerprint density at radius 2 is 2.09 bits per heavy atom. The minimum absolute atomic E-state index is 0. The Labute approximate surface area is 195 Å². The lowest BCUT2D eigenvalue weighted by Crippen LogP contribution is -2.52. The van der Waals surface area contributed by atoms with Crippen LogP contribution < -0.4 is 10.9 Å². The first-order valence-electron chi connectivity index (χ1n) is 9.98. The van der Waals surface area contributed by atoms with E-state index in [1.807, 2.05) is 6.26 Å². The van der Waals surface area contributed by atoms with Crippen molar-refractivity contribution in [1.29, 1.82) is 0 Å². The number of alkyl halides is 2. The molecule has 0 saturated carbocycles. The topological polar surface area (TPSA) is 150 Å². The minimum Gasteiger partial charge on any atom is -0.506 e. The van der Waals surface area contributed by atoms with Gasteiger partial charge >= 0.3 is 0 Å².